The van der Waals surface area contributed by atoms with E-state index in [4.69, 9.17) is 11.6 Å². The third-order valence-corrected chi connectivity index (χ3v) is 4.33. The molecular formula is C19H16ClFN2O3. The monoisotopic (exact) mass is 374 g/mol. The minimum Gasteiger partial charge on any atom is -0.481 e. The standard InChI is InChI=1S/C19H16ClFN2O3/c1-23-10-13(9-22-23)18(24)12-7-16(19(25)26)15(17(21)8-12)6-11-2-4-14(20)5-3-11/h2-10,16,18,24H,1H3,(H,25,26). The fourth-order valence-corrected chi connectivity index (χ4v) is 2.88. The number of aliphatic carboxylic acids is 1. The quantitative estimate of drug-likeness (QED) is 0.855. The van der Waals surface area contributed by atoms with E-state index in [1.54, 1.807) is 37.5 Å². The molecular weight excluding hydrogens is 359 g/mol. The summed E-state index contributed by atoms with van der Waals surface area (Å²) in [4.78, 5) is 11.7. The summed E-state index contributed by atoms with van der Waals surface area (Å²) >= 11 is 5.83. The van der Waals surface area contributed by atoms with Crippen molar-refractivity contribution < 1.29 is 19.4 Å². The smallest absolute Gasteiger partial charge is 0.314 e. The van der Waals surface area contributed by atoms with Crippen LogP contribution in [0.4, 0.5) is 4.39 Å². The van der Waals surface area contributed by atoms with Crippen LogP contribution in [0.25, 0.3) is 6.08 Å². The molecule has 0 saturated heterocycles. The number of allylic oxidation sites excluding steroid dienone is 1. The van der Waals surface area contributed by atoms with E-state index in [9.17, 15) is 19.4 Å². The number of hydrogen-bond acceptors (Lipinski definition) is 3. The Balaban J connectivity index is 1.97. The molecule has 3 rings (SSSR count). The zero-order valence-electron chi connectivity index (χ0n) is 13.8. The Morgan fingerprint density at radius 3 is 2.65 bits per heavy atom. The average molecular weight is 375 g/mol. The van der Waals surface area contributed by atoms with Crippen LogP contribution in [-0.4, -0.2) is 26.0 Å². The van der Waals surface area contributed by atoms with Crippen molar-refractivity contribution in [1.29, 1.82) is 0 Å². The average Bonchev–Trinajstić information content (AvgIpc) is 3.03. The lowest BCUT2D eigenvalue weighted by Gasteiger charge is -2.21. The van der Waals surface area contributed by atoms with Crippen LogP contribution in [-0.2, 0) is 11.8 Å². The van der Waals surface area contributed by atoms with Gasteiger partial charge in [0.2, 0.25) is 0 Å². The number of nitrogens with zero attached hydrogens (tertiary/aromatic N) is 2. The number of hydrogen-bond donors (Lipinski definition) is 2. The summed E-state index contributed by atoms with van der Waals surface area (Å²) in [6.07, 6.45) is 5.85. The molecule has 0 fully saturated rings. The zero-order valence-corrected chi connectivity index (χ0v) is 14.6. The van der Waals surface area contributed by atoms with Crippen LogP contribution < -0.4 is 0 Å². The van der Waals surface area contributed by atoms with Gasteiger partial charge in [-0.05, 0) is 35.4 Å². The van der Waals surface area contributed by atoms with Gasteiger partial charge in [-0.25, -0.2) is 4.39 Å². The third-order valence-electron chi connectivity index (χ3n) is 4.08. The van der Waals surface area contributed by atoms with Crippen LogP contribution >= 0.6 is 11.6 Å². The number of carbonyl (C=O) groups is 1. The summed E-state index contributed by atoms with van der Waals surface area (Å²) in [7, 11) is 1.69. The highest BCUT2D eigenvalue weighted by atomic mass is 35.5. The van der Waals surface area contributed by atoms with Gasteiger partial charge in [-0.15, -0.1) is 0 Å². The van der Waals surface area contributed by atoms with Crippen molar-refractivity contribution in [3.05, 3.63) is 81.9 Å². The second-order valence-electron chi connectivity index (χ2n) is 5.98. The van der Waals surface area contributed by atoms with Gasteiger partial charge < -0.3 is 10.2 Å². The fraction of sp³-hybridized carbons (Fsp3) is 0.158. The van der Waals surface area contributed by atoms with Crippen molar-refractivity contribution >= 4 is 23.6 Å². The van der Waals surface area contributed by atoms with Crippen LogP contribution in [0.15, 0.2) is 65.8 Å². The summed E-state index contributed by atoms with van der Waals surface area (Å²) in [6.45, 7) is 0. The predicted molar refractivity (Wildman–Crippen MR) is 96.0 cm³/mol. The molecule has 2 unspecified atom stereocenters. The molecule has 26 heavy (non-hydrogen) atoms. The third kappa shape index (κ3) is 3.76. The van der Waals surface area contributed by atoms with Crippen LogP contribution in [0.2, 0.25) is 5.02 Å². The number of benzene rings is 1. The number of aromatic nitrogens is 2. The number of carboxylic acid groups (broad SMARTS) is 1. The van der Waals surface area contributed by atoms with Crippen molar-refractivity contribution in [2.45, 2.75) is 6.10 Å². The van der Waals surface area contributed by atoms with E-state index in [-0.39, 0.29) is 11.1 Å². The zero-order chi connectivity index (χ0) is 18.8. The summed E-state index contributed by atoms with van der Waals surface area (Å²) in [5.74, 6) is -3.12. The first-order valence-corrected chi connectivity index (χ1v) is 8.19. The van der Waals surface area contributed by atoms with E-state index in [1.807, 2.05) is 0 Å². The van der Waals surface area contributed by atoms with Gasteiger partial charge in [0, 0.05) is 29.4 Å². The maximum atomic E-state index is 14.7. The summed E-state index contributed by atoms with van der Waals surface area (Å²) < 4.78 is 16.2. The summed E-state index contributed by atoms with van der Waals surface area (Å²) in [6, 6.07) is 6.62. The molecule has 1 heterocycles. The Labute approximate surface area is 154 Å². The Morgan fingerprint density at radius 1 is 1.38 bits per heavy atom. The van der Waals surface area contributed by atoms with E-state index in [0.29, 0.717) is 16.1 Å². The highest BCUT2D eigenvalue weighted by molar-refractivity contribution is 6.30. The number of aliphatic hydroxyl groups is 1. The molecule has 0 radical (unpaired) electrons. The van der Waals surface area contributed by atoms with Crippen LogP contribution in [0.5, 0.6) is 0 Å². The van der Waals surface area contributed by atoms with E-state index in [2.05, 4.69) is 5.10 Å². The van der Waals surface area contributed by atoms with Gasteiger partial charge >= 0.3 is 5.97 Å². The molecule has 0 saturated carbocycles. The molecule has 2 atom stereocenters. The molecule has 1 aliphatic carbocycles. The molecule has 1 aromatic carbocycles. The van der Waals surface area contributed by atoms with Crippen molar-refractivity contribution in [3.63, 3.8) is 0 Å². The molecule has 2 aromatic rings. The first-order valence-electron chi connectivity index (χ1n) is 7.81. The number of aryl methyl sites for hydroxylation is 1. The minimum absolute atomic E-state index is 0.0157. The van der Waals surface area contributed by atoms with Gasteiger partial charge in [0.05, 0.1) is 6.20 Å². The lowest BCUT2D eigenvalue weighted by Crippen LogP contribution is -2.19. The van der Waals surface area contributed by atoms with E-state index in [1.165, 1.54) is 23.0 Å². The van der Waals surface area contributed by atoms with Crippen LogP contribution in [0.3, 0.4) is 0 Å². The highest BCUT2D eigenvalue weighted by Gasteiger charge is 2.30. The number of aliphatic hydroxyl groups excluding tert-OH is 1. The first kappa shape index (κ1) is 18.1. The van der Waals surface area contributed by atoms with E-state index >= 15 is 0 Å². The van der Waals surface area contributed by atoms with Gasteiger partial charge in [0.25, 0.3) is 0 Å². The Morgan fingerprint density at radius 2 is 2.08 bits per heavy atom. The second-order valence-corrected chi connectivity index (χ2v) is 6.41. The highest BCUT2D eigenvalue weighted by Crippen LogP contribution is 2.36. The van der Waals surface area contributed by atoms with Crippen molar-refractivity contribution in [3.8, 4) is 0 Å². The van der Waals surface area contributed by atoms with Crippen molar-refractivity contribution in [1.82, 2.24) is 9.78 Å². The van der Waals surface area contributed by atoms with E-state index in [0.717, 1.165) is 6.08 Å². The SMILES string of the molecule is Cn1cc(C(O)C2=CC(C(=O)O)C(=Cc3ccc(Cl)cc3)C(F)=C2)cn1. The lowest BCUT2D eigenvalue weighted by atomic mass is 9.86. The molecule has 0 spiro atoms. The normalized spacial score (nSPS) is 19.8. The fourth-order valence-electron chi connectivity index (χ4n) is 2.75. The predicted octanol–water partition coefficient (Wildman–Crippen LogP) is 3.68. The maximum absolute atomic E-state index is 14.7. The molecule has 2 N–H and O–H groups in total. The van der Waals surface area contributed by atoms with Gasteiger partial charge in [-0.3, -0.25) is 9.48 Å². The topological polar surface area (TPSA) is 75.4 Å². The second kappa shape index (κ2) is 7.27. The van der Waals surface area contributed by atoms with Gasteiger partial charge in [0.15, 0.2) is 0 Å². The number of carboxylic acids is 1. The first-order chi connectivity index (χ1) is 12.3. The van der Waals surface area contributed by atoms with Gasteiger partial charge in [-0.1, -0.05) is 29.8 Å². The van der Waals surface area contributed by atoms with E-state index < -0.39 is 23.8 Å². The Kier molecular flexibility index (Phi) is 5.06. The van der Waals surface area contributed by atoms with Gasteiger partial charge in [0.1, 0.15) is 17.8 Å². The molecule has 0 aliphatic heterocycles. The lowest BCUT2D eigenvalue weighted by molar-refractivity contribution is -0.138. The van der Waals surface area contributed by atoms with Crippen molar-refractivity contribution in [2.75, 3.05) is 0 Å². The largest absolute Gasteiger partial charge is 0.481 e. The molecule has 7 heteroatoms. The minimum atomic E-state index is -1.21. The van der Waals surface area contributed by atoms with Crippen molar-refractivity contribution in [2.24, 2.45) is 13.0 Å². The molecule has 5 nitrogen and oxygen atoms in total. The van der Waals surface area contributed by atoms with Crippen LogP contribution in [0.1, 0.15) is 17.2 Å². The van der Waals surface area contributed by atoms with Crippen LogP contribution in [0, 0.1) is 5.92 Å². The maximum Gasteiger partial charge on any atom is 0.314 e. The summed E-state index contributed by atoms with van der Waals surface area (Å²) in [5, 5.41) is 24.4. The number of rotatable bonds is 4. The van der Waals surface area contributed by atoms with Gasteiger partial charge in [-0.2, -0.15) is 5.10 Å². The molecule has 134 valence electrons. The Bertz CT molecular complexity index is 929. The molecule has 0 amide bonds. The number of halogens is 2. The molecule has 0 bridgehead atoms. The molecule has 1 aliphatic rings. The summed E-state index contributed by atoms with van der Waals surface area (Å²) in [5.41, 5.74) is 1.28. The molecule has 1 aromatic heterocycles. The Hall–Kier alpha value is -2.70.